The number of unbranched alkanes of at least 4 members (excludes halogenated alkanes) is 3. The van der Waals surface area contributed by atoms with Crippen LogP contribution in [0.3, 0.4) is 0 Å². The van der Waals surface area contributed by atoms with Gasteiger partial charge in [-0.3, -0.25) is 9.59 Å². The molecule has 0 aliphatic carbocycles. The number of nitrogens with zero attached hydrogens (tertiary/aromatic N) is 2. The van der Waals surface area contributed by atoms with Gasteiger partial charge in [-0.15, -0.1) is 0 Å². The maximum atomic E-state index is 11.8. The average molecular weight is 525 g/mol. The van der Waals surface area contributed by atoms with E-state index in [1.807, 2.05) is 0 Å². The third-order valence-corrected chi connectivity index (χ3v) is 6.00. The zero-order chi connectivity index (χ0) is 28.2. The Labute approximate surface area is 225 Å². The summed E-state index contributed by atoms with van der Waals surface area (Å²) in [6, 6.07) is 0. The second-order valence-corrected chi connectivity index (χ2v) is 9.37. The summed E-state index contributed by atoms with van der Waals surface area (Å²) in [6.45, 7) is 11.6. The van der Waals surface area contributed by atoms with Gasteiger partial charge in [-0.2, -0.15) is 0 Å². The Bertz CT molecular complexity index is 452. The first-order chi connectivity index (χ1) is 17.4. The van der Waals surface area contributed by atoms with Crippen LogP contribution in [0.5, 0.6) is 0 Å². The van der Waals surface area contributed by atoms with Crippen molar-refractivity contribution in [1.29, 1.82) is 0 Å². The van der Waals surface area contributed by atoms with E-state index in [-0.39, 0.29) is 27.2 Å². The average Bonchev–Trinajstić information content (AvgIpc) is 2.91. The molecule has 2 atom stereocenters. The van der Waals surface area contributed by atoms with E-state index in [4.69, 9.17) is 10.2 Å². The van der Waals surface area contributed by atoms with Gasteiger partial charge >= 0.3 is 0 Å². The fourth-order valence-corrected chi connectivity index (χ4v) is 3.72. The van der Waals surface area contributed by atoms with Crippen molar-refractivity contribution in [2.45, 2.75) is 78.6 Å². The van der Waals surface area contributed by atoms with Gasteiger partial charge < -0.3 is 35.8 Å². The molecule has 0 fully saturated rings. The van der Waals surface area contributed by atoms with Gasteiger partial charge in [-0.1, -0.05) is 40.0 Å². The Kier molecular flexibility index (Phi) is 32.7. The second-order valence-electron chi connectivity index (χ2n) is 9.37. The smallest absolute Gasteiger partial charge is 0.220 e. The van der Waals surface area contributed by atoms with E-state index >= 15 is 0 Å². The number of hydrogen-bond donors (Lipinski definition) is 5. The number of aliphatic hydroxyl groups is 3. The summed E-state index contributed by atoms with van der Waals surface area (Å²) in [5.74, 6) is 0.830. The number of amides is 2. The second kappa shape index (κ2) is 30.0. The quantitative estimate of drug-likeness (QED) is 0.146. The van der Waals surface area contributed by atoms with Crippen LogP contribution < -0.4 is 10.6 Å². The summed E-state index contributed by atoms with van der Waals surface area (Å²) >= 11 is 0. The zero-order valence-electron chi connectivity index (χ0n) is 24.5. The summed E-state index contributed by atoms with van der Waals surface area (Å²) in [5.41, 5.74) is 0. The maximum absolute atomic E-state index is 11.8. The van der Waals surface area contributed by atoms with E-state index in [9.17, 15) is 14.7 Å². The third kappa shape index (κ3) is 25.8. The van der Waals surface area contributed by atoms with Crippen LogP contribution in [0.25, 0.3) is 0 Å². The predicted molar refractivity (Wildman–Crippen MR) is 154 cm³/mol. The van der Waals surface area contributed by atoms with Gasteiger partial charge in [-0.05, 0) is 58.8 Å². The minimum atomic E-state index is 0. The number of carbonyl (C=O) groups is 2. The minimum Gasteiger partial charge on any atom is -0.400 e. The van der Waals surface area contributed by atoms with Crippen molar-refractivity contribution >= 4 is 11.8 Å². The lowest BCUT2D eigenvalue weighted by atomic mass is 10.1. The molecule has 0 aliphatic rings. The molecular formula is C27H64N4O5. The first-order valence-corrected chi connectivity index (χ1v) is 13.8. The molecule has 0 aromatic heterocycles. The van der Waals surface area contributed by atoms with Crippen LogP contribution in [-0.2, 0) is 9.59 Å². The number of carbonyl (C=O) groups excluding carboxylic acids is 2. The molecule has 0 rings (SSSR count). The van der Waals surface area contributed by atoms with Crippen LogP contribution in [-0.4, -0.2) is 111 Å². The van der Waals surface area contributed by atoms with Crippen LogP contribution in [0, 0.1) is 11.8 Å². The van der Waals surface area contributed by atoms with Gasteiger partial charge in [0.05, 0.1) is 0 Å². The zero-order valence-corrected chi connectivity index (χ0v) is 24.5. The molecule has 0 saturated heterocycles. The lowest BCUT2D eigenvalue weighted by molar-refractivity contribution is -0.122. The van der Waals surface area contributed by atoms with E-state index in [1.165, 1.54) is 0 Å². The first-order valence-electron chi connectivity index (χ1n) is 13.8. The Morgan fingerprint density at radius 1 is 0.722 bits per heavy atom. The molecule has 2 amide bonds. The summed E-state index contributed by atoms with van der Waals surface area (Å²) < 4.78 is 0. The standard InChI is InChI=1S/C25H52N4O3.2CH4O.2H2/c1-6-9-13-24(31)26-17-22(8-3)19-28(4)15-11-12-16-29(5)20-23(21-30)18-27-25(32)14-10-7-2;2*1-2;;/h22-23,30H,6-21H2,1-5H3,(H,26,31)(H,27,32);2*2H,1H3;2*1H. The number of aliphatic hydroxyl groups excluding tert-OH is 3. The van der Waals surface area contributed by atoms with Gasteiger partial charge in [-0.25, -0.2) is 0 Å². The Morgan fingerprint density at radius 2 is 1.11 bits per heavy atom. The molecule has 0 aliphatic heterocycles. The Balaban J connectivity index is -0.000000574. The topological polar surface area (TPSA) is 125 Å². The minimum absolute atomic E-state index is 0. The normalized spacial score (nSPS) is 12.2. The molecule has 0 aromatic carbocycles. The lowest BCUT2D eigenvalue weighted by Crippen LogP contribution is -2.37. The fraction of sp³-hybridized carbons (Fsp3) is 0.926. The molecule has 5 N–H and O–H groups in total. The van der Waals surface area contributed by atoms with Crippen LogP contribution in [0.1, 0.15) is 81.4 Å². The molecule has 0 saturated carbocycles. The highest BCUT2D eigenvalue weighted by atomic mass is 16.3. The predicted octanol–water partition coefficient (Wildman–Crippen LogP) is 2.59. The molecule has 0 radical (unpaired) electrons. The lowest BCUT2D eigenvalue weighted by Gasteiger charge is -2.25. The number of rotatable bonds is 21. The van der Waals surface area contributed by atoms with Crippen LogP contribution in [0.4, 0.5) is 0 Å². The molecule has 9 heteroatoms. The van der Waals surface area contributed by atoms with Gasteiger partial charge in [0, 0.05) is 68.6 Å². The highest BCUT2D eigenvalue weighted by Crippen LogP contribution is 2.06. The molecular weight excluding hydrogens is 460 g/mol. The van der Waals surface area contributed by atoms with Crippen molar-refractivity contribution in [2.24, 2.45) is 11.8 Å². The summed E-state index contributed by atoms with van der Waals surface area (Å²) in [5, 5.41) is 29.7. The van der Waals surface area contributed by atoms with E-state index in [0.717, 1.165) is 91.9 Å². The van der Waals surface area contributed by atoms with Crippen LogP contribution in [0.15, 0.2) is 0 Å². The van der Waals surface area contributed by atoms with E-state index < -0.39 is 0 Å². The van der Waals surface area contributed by atoms with Crippen molar-refractivity contribution in [3.63, 3.8) is 0 Å². The van der Waals surface area contributed by atoms with Crippen molar-refractivity contribution in [3.8, 4) is 0 Å². The van der Waals surface area contributed by atoms with Crippen molar-refractivity contribution in [3.05, 3.63) is 0 Å². The highest BCUT2D eigenvalue weighted by molar-refractivity contribution is 5.76. The van der Waals surface area contributed by atoms with Gasteiger partial charge in [0.15, 0.2) is 0 Å². The molecule has 36 heavy (non-hydrogen) atoms. The molecule has 0 aromatic rings. The fourth-order valence-electron chi connectivity index (χ4n) is 3.72. The monoisotopic (exact) mass is 524 g/mol. The Hall–Kier alpha value is -1.26. The van der Waals surface area contributed by atoms with Crippen molar-refractivity contribution in [2.75, 3.05) is 74.2 Å². The van der Waals surface area contributed by atoms with Gasteiger partial charge in [0.2, 0.25) is 11.8 Å². The largest absolute Gasteiger partial charge is 0.400 e. The summed E-state index contributed by atoms with van der Waals surface area (Å²) in [7, 11) is 6.24. The van der Waals surface area contributed by atoms with E-state index in [1.54, 1.807) is 0 Å². The Morgan fingerprint density at radius 3 is 1.47 bits per heavy atom. The number of nitrogens with one attached hydrogen (secondary N) is 2. The summed E-state index contributed by atoms with van der Waals surface area (Å²) in [4.78, 5) is 28.2. The third-order valence-electron chi connectivity index (χ3n) is 6.00. The number of hydrogen-bond acceptors (Lipinski definition) is 7. The summed E-state index contributed by atoms with van der Waals surface area (Å²) in [6.07, 6.45) is 8.45. The molecule has 9 nitrogen and oxygen atoms in total. The molecule has 0 spiro atoms. The van der Waals surface area contributed by atoms with E-state index in [2.05, 4.69) is 55.3 Å². The molecule has 2 unspecified atom stereocenters. The molecule has 222 valence electrons. The first kappa shape index (κ1) is 39.3. The molecule has 0 heterocycles. The van der Waals surface area contributed by atoms with Crippen molar-refractivity contribution < 1.29 is 27.8 Å². The van der Waals surface area contributed by atoms with Gasteiger partial charge in [0.25, 0.3) is 0 Å². The van der Waals surface area contributed by atoms with Gasteiger partial charge in [0.1, 0.15) is 0 Å². The molecule has 0 bridgehead atoms. The van der Waals surface area contributed by atoms with E-state index in [0.29, 0.717) is 25.3 Å². The maximum Gasteiger partial charge on any atom is 0.220 e. The van der Waals surface area contributed by atoms with Crippen molar-refractivity contribution in [1.82, 2.24) is 20.4 Å². The van der Waals surface area contributed by atoms with Crippen LogP contribution >= 0.6 is 0 Å². The SMILES string of the molecule is CCCCC(=O)NCC(CC)CN(C)CCCCN(C)CC(CO)CNC(=O)CCCC.CO.CO.[HH].[HH]. The highest BCUT2D eigenvalue weighted by Gasteiger charge is 2.13. The van der Waals surface area contributed by atoms with Crippen LogP contribution in [0.2, 0.25) is 0 Å².